The van der Waals surface area contributed by atoms with Gasteiger partial charge in [-0.1, -0.05) is 30.3 Å². The molecule has 1 aromatic rings. The lowest BCUT2D eigenvalue weighted by Gasteiger charge is -2.36. The summed E-state index contributed by atoms with van der Waals surface area (Å²) in [5, 5.41) is 10.3. The van der Waals surface area contributed by atoms with Crippen LogP contribution < -0.4 is 0 Å². The Morgan fingerprint density at radius 3 is 2.45 bits per heavy atom. The zero-order valence-corrected chi connectivity index (χ0v) is 13.4. The normalized spacial score (nSPS) is 19.0. The Bertz CT molecular complexity index is 458. The highest BCUT2D eigenvalue weighted by atomic mass is 16.5. The van der Waals surface area contributed by atoms with Gasteiger partial charge in [0.05, 0.1) is 18.6 Å². The summed E-state index contributed by atoms with van der Waals surface area (Å²) in [4.78, 5) is 16.2. The summed E-state index contributed by atoms with van der Waals surface area (Å²) in [5.74, 6) is 0.151. The van der Waals surface area contributed by atoms with E-state index in [1.54, 1.807) is 7.11 Å². The number of carbonyl (C=O) groups excluding carboxylic acids is 1. The van der Waals surface area contributed by atoms with Crippen molar-refractivity contribution in [3.05, 3.63) is 35.9 Å². The van der Waals surface area contributed by atoms with Crippen LogP contribution in [-0.2, 0) is 9.53 Å². The molecule has 1 saturated heterocycles. The highest BCUT2D eigenvalue weighted by Crippen LogP contribution is 2.15. The van der Waals surface area contributed by atoms with Crippen LogP contribution in [0.2, 0.25) is 0 Å². The van der Waals surface area contributed by atoms with Gasteiger partial charge in [0.1, 0.15) is 0 Å². The second kappa shape index (κ2) is 8.27. The van der Waals surface area contributed by atoms with Gasteiger partial charge in [-0.25, -0.2) is 0 Å². The number of carbonyl (C=O) groups is 1. The number of aliphatic hydroxyl groups excluding tert-OH is 1. The minimum Gasteiger partial charge on any atom is -0.387 e. The van der Waals surface area contributed by atoms with Gasteiger partial charge < -0.3 is 14.7 Å². The molecule has 1 N–H and O–H groups in total. The number of piperazine rings is 1. The predicted octanol–water partition coefficient (Wildman–Crippen LogP) is 1.29. The van der Waals surface area contributed by atoms with Crippen LogP contribution in [0.25, 0.3) is 0 Å². The van der Waals surface area contributed by atoms with E-state index in [0.29, 0.717) is 13.0 Å². The fourth-order valence-corrected chi connectivity index (χ4v) is 2.66. The summed E-state index contributed by atoms with van der Waals surface area (Å²) in [7, 11) is 1.63. The fraction of sp³-hybridized carbons (Fsp3) is 0.588. The molecule has 22 heavy (non-hydrogen) atoms. The van der Waals surface area contributed by atoms with Crippen LogP contribution in [0.3, 0.4) is 0 Å². The first-order valence-corrected chi connectivity index (χ1v) is 7.86. The number of rotatable bonds is 6. The van der Waals surface area contributed by atoms with E-state index >= 15 is 0 Å². The third-order valence-corrected chi connectivity index (χ3v) is 4.20. The van der Waals surface area contributed by atoms with Crippen molar-refractivity contribution in [2.45, 2.75) is 25.6 Å². The standard InChI is InChI=1S/C17H26N2O3/c1-14(22-2)12-17(21)19-10-8-18(9-11-19)13-16(20)15-6-4-3-5-7-15/h3-7,14,16,20H,8-13H2,1-2H3/t14-,16+/m1/s1. The van der Waals surface area contributed by atoms with Crippen LogP contribution in [0.4, 0.5) is 0 Å². The van der Waals surface area contributed by atoms with Gasteiger partial charge in [0.25, 0.3) is 0 Å². The molecule has 1 aliphatic rings. The molecule has 0 aromatic heterocycles. The Hall–Kier alpha value is -1.43. The van der Waals surface area contributed by atoms with Gasteiger partial charge in [-0.2, -0.15) is 0 Å². The van der Waals surface area contributed by atoms with Gasteiger partial charge in [-0.3, -0.25) is 9.69 Å². The number of aliphatic hydroxyl groups is 1. The molecule has 1 heterocycles. The van der Waals surface area contributed by atoms with E-state index < -0.39 is 6.10 Å². The number of hydrogen-bond acceptors (Lipinski definition) is 4. The molecule has 2 atom stereocenters. The van der Waals surface area contributed by atoms with E-state index in [1.165, 1.54) is 0 Å². The van der Waals surface area contributed by atoms with Crippen LogP contribution in [-0.4, -0.2) is 66.8 Å². The molecule has 5 nitrogen and oxygen atoms in total. The number of ether oxygens (including phenoxy) is 1. The third kappa shape index (κ3) is 4.80. The number of methoxy groups -OCH3 is 1. The molecular formula is C17H26N2O3. The molecule has 0 radical (unpaired) electrons. The minimum absolute atomic E-state index is 0.0366. The number of nitrogens with zero attached hydrogens (tertiary/aromatic N) is 2. The van der Waals surface area contributed by atoms with Crippen LogP contribution >= 0.6 is 0 Å². The summed E-state index contributed by atoms with van der Waals surface area (Å²) in [6, 6.07) is 9.70. The first-order chi connectivity index (χ1) is 10.6. The molecule has 0 spiro atoms. The average molecular weight is 306 g/mol. The van der Waals surface area contributed by atoms with E-state index in [0.717, 1.165) is 31.7 Å². The van der Waals surface area contributed by atoms with Crippen LogP contribution in [0.15, 0.2) is 30.3 Å². The third-order valence-electron chi connectivity index (χ3n) is 4.20. The zero-order chi connectivity index (χ0) is 15.9. The average Bonchev–Trinajstić information content (AvgIpc) is 2.56. The van der Waals surface area contributed by atoms with Gasteiger partial charge in [0, 0.05) is 39.8 Å². The minimum atomic E-state index is -0.475. The van der Waals surface area contributed by atoms with Crippen molar-refractivity contribution in [3.63, 3.8) is 0 Å². The van der Waals surface area contributed by atoms with Gasteiger partial charge in [-0.05, 0) is 12.5 Å². The Morgan fingerprint density at radius 2 is 1.86 bits per heavy atom. The SMILES string of the molecule is CO[C@H](C)CC(=O)N1CCN(C[C@H](O)c2ccccc2)CC1. The molecule has 0 bridgehead atoms. The first-order valence-electron chi connectivity index (χ1n) is 7.86. The molecule has 1 aliphatic heterocycles. The lowest BCUT2D eigenvalue weighted by atomic mass is 10.1. The largest absolute Gasteiger partial charge is 0.387 e. The van der Waals surface area contributed by atoms with E-state index in [-0.39, 0.29) is 12.0 Å². The van der Waals surface area contributed by atoms with Crippen molar-refractivity contribution >= 4 is 5.91 Å². The van der Waals surface area contributed by atoms with Gasteiger partial charge in [0.2, 0.25) is 5.91 Å². The molecule has 0 aliphatic carbocycles. The van der Waals surface area contributed by atoms with Crippen molar-refractivity contribution in [2.24, 2.45) is 0 Å². The smallest absolute Gasteiger partial charge is 0.225 e. The van der Waals surface area contributed by atoms with E-state index in [2.05, 4.69) is 4.90 Å². The van der Waals surface area contributed by atoms with Crippen LogP contribution in [0.5, 0.6) is 0 Å². The van der Waals surface area contributed by atoms with E-state index in [9.17, 15) is 9.90 Å². The maximum atomic E-state index is 12.1. The van der Waals surface area contributed by atoms with Crippen molar-refractivity contribution in [2.75, 3.05) is 39.8 Å². The number of hydrogen-bond donors (Lipinski definition) is 1. The Balaban J connectivity index is 1.76. The molecule has 0 saturated carbocycles. The van der Waals surface area contributed by atoms with Crippen molar-refractivity contribution in [3.8, 4) is 0 Å². The summed E-state index contributed by atoms with van der Waals surface area (Å²) in [5.41, 5.74) is 0.940. The summed E-state index contributed by atoms with van der Waals surface area (Å²) in [6.45, 7) is 5.56. The van der Waals surface area contributed by atoms with Crippen LogP contribution in [0, 0.1) is 0 Å². The Kier molecular flexibility index (Phi) is 6.36. The molecule has 5 heteroatoms. The molecule has 1 amide bonds. The monoisotopic (exact) mass is 306 g/mol. The highest BCUT2D eigenvalue weighted by Gasteiger charge is 2.23. The summed E-state index contributed by atoms with van der Waals surface area (Å²) < 4.78 is 5.14. The predicted molar refractivity (Wildman–Crippen MR) is 85.5 cm³/mol. The molecular weight excluding hydrogens is 280 g/mol. The van der Waals surface area contributed by atoms with Gasteiger partial charge >= 0.3 is 0 Å². The number of β-amino-alcohol motifs (C(OH)–C–C–N with tert-alkyl or cyclic N) is 1. The van der Waals surface area contributed by atoms with Gasteiger partial charge in [0.15, 0.2) is 0 Å². The quantitative estimate of drug-likeness (QED) is 0.860. The lowest BCUT2D eigenvalue weighted by Crippen LogP contribution is -2.50. The zero-order valence-electron chi connectivity index (χ0n) is 13.4. The second-order valence-corrected chi connectivity index (χ2v) is 5.86. The van der Waals surface area contributed by atoms with E-state index in [4.69, 9.17) is 4.74 Å². The molecule has 0 unspecified atom stereocenters. The highest BCUT2D eigenvalue weighted by molar-refractivity contribution is 5.76. The van der Waals surface area contributed by atoms with Crippen molar-refractivity contribution in [1.82, 2.24) is 9.80 Å². The first kappa shape index (κ1) is 16.9. The number of benzene rings is 1. The second-order valence-electron chi connectivity index (χ2n) is 5.86. The fourth-order valence-electron chi connectivity index (χ4n) is 2.66. The Labute approximate surface area is 132 Å². The lowest BCUT2D eigenvalue weighted by molar-refractivity contribution is -0.135. The summed E-state index contributed by atoms with van der Waals surface area (Å²) >= 11 is 0. The number of amides is 1. The maximum absolute atomic E-state index is 12.1. The molecule has 2 rings (SSSR count). The topological polar surface area (TPSA) is 53.0 Å². The molecule has 1 aromatic carbocycles. The maximum Gasteiger partial charge on any atom is 0.225 e. The van der Waals surface area contributed by atoms with Crippen molar-refractivity contribution < 1.29 is 14.6 Å². The Morgan fingerprint density at radius 1 is 1.23 bits per heavy atom. The van der Waals surface area contributed by atoms with Crippen molar-refractivity contribution in [1.29, 1.82) is 0 Å². The van der Waals surface area contributed by atoms with E-state index in [1.807, 2.05) is 42.2 Å². The molecule has 1 fully saturated rings. The van der Waals surface area contributed by atoms with Crippen LogP contribution in [0.1, 0.15) is 25.0 Å². The van der Waals surface area contributed by atoms with Gasteiger partial charge in [-0.15, -0.1) is 0 Å². The molecule has 122 valence electrons. The summed E-state index contributed by atoms with van der Waals surface area (Å²) in [6.07, 6.45) is -0.0780.